The van der Waals surface area contributed by atoms with Crippen molar-refractivity contribution in [3.8, 4) is 0 Å². The van der Waals surface area contributed by atoms with Crippen molar-refractivity contribution in [3.63, 3.8) is 0 Å². The van der Waals surface area contributed by atoms with Gasteiger partial charge < -0.3 is 15.7 Å². The maximum Gasteiger partial charge on any atom is 0.338 e. The van der Waals surface area contributed by atoms with E-state index < -0.39 is 18.6 Å². The number of carbonyl (C=O) groups excluding carboxylic acids is 2. The Labute approximate surface area is 92.3 Å². The third-order valence-electron chi connectivity index (χ3n) is 1.37. The quantitative estimate of drug-likeness (QED) is 0.413. The number of urea groups is 1. The smallest absolute Gasteiger partial charge is 0.338 e. The summed E-state index contributed by atoms with van der Waals surface area (Å²) in [6.07, 6.45) is 0.153. The monoisotopic (exact) mass is 233 g/mol. The van der Waals surface area contributed by atoms with Gasteiger partial charge in [-0.05, 0) is 6.92 Å². The number of rotatable bonds is 7. The third-order valence-corrected chi connectivity index (χ3v) is 1.37. The number of carboxylic acids is 1. The summed E-state index contributed by atoms with van der Waals surface area (Å²) in [5.74, 6) is -1.36. The van der Waals surface area contributed by atoms with Crippen molar-refractivity contribution in [2.24, 2.45) is 0 Å². The van der Waals surface area contributed by atoms with Crippen LogP contribution in [0.3, 0.4) is 0 Å². The van der Waals surface area contributed by atoms with Gasteiger partial charge in [0, 0.05) is 19.5 Å². The van der Waals surface area contributed by atoms with Crippen LogP contribution in [0, 0.1) is 0 Å². The van der Waals surface area contributed by atoms with Gasteiger partial charge in [-0.15, -0.1) is 0 Å². The predicted octanol–water partition coefficient (Wildman–Crippen LogP) is -1.17. The van der Waals surface area contributed by atoms with Crippen LogP contribution in [0.4, 0.5) is 4.79 Å². The Morgan fingerprint density at radius 2 is 1.94 bits per heavy atom. The summed E-state index contributed by atoms with van der Waals surface area (Å²) < 4.78 is 0. The molecule has 0 spiro atoms. The first-order valence-electron chi connectivity index (χ1n) is 4.70. The van der Waals surface area contributed by atoms with Crippen LogP contribution in [0.15, 0.2) is 0 Å². The molecule has 4 N–H and O–H groups in total. The van der Waals surface area contributed by atoms with Gasteiger partial charge in [-0.25, -0.2) is 15.1 Å². The number of carboxylic acid groups (broad SMARTS) is 1. The first kappa shape index (κ1) is 14.2. The number of hydroxylamine groups is 1. The molecule has 0 saturated carbocycles. The SMILES string of the molecule is CCNC(=O)CCNC(=O)NOCC(=O)O. The molecule has 0 aliphatic rings. The highest BCUT2D eigenvalue weighted by Gasteiger charge is 2.03. The summed E-state index contributed by atoms with van der Waals surface area (Å²) in [6, 6.07) is -0.689. The summed E-state index contributed by atoms with van der Waals surface area (Å²) in [4.78, 5) is 36.1. The van der Waals surface area contributed by atoms with Gasteiger partial charge in [0.1, 0.15) is 0 Å². The molecule has 0 saturated heterocycles. The van der Waals surface area contributed by atoms with Crippen LogP contribution in [0.2, 0.25) is 0 Å². The first-order valence-corrected chi connectivity index (χ1v) is 4.70. The second-order valence-electron chi connectivity index (χ2n) is 2.74. The number of hydrogen-bond acceptors (Lipinski definition) is 4. The highest BCUT2D eigenvalue weighted by atomic mass is 16.7. The standard InChI is InChI=1S/C8H15N3O5/c1-2-9-6(12)3-4-10-8(15)11-16-5-7(13)14/h2-5H2,1H3,(H,9,12)(H,13,14)(H2,10,11,15). The molecular formula is C8H15N3O5. The first-order chi connectivity index (χ1) is 7.56. The Bertz CT molecular complexity index is 256. The van der Waals surface area contributed by atoms with Gasteiger partial charge in [0.25, 0.3) is 0 Å². The molecule has 0 heterocycles. The van der Waals surface area contributed by atoms with E-state index >= 15 is 0 Å². The van der Waals surface area contributed by atoms with Gasteiger partial charge in [0.2, 0.25) is 5.91 Å². The van der Waals surface area contributed by atoms with Crippen molar-refractivity contribution < 1.29 is 24.3 Å². The summed E-state index contributed by atoms with van der Waals surface area (Å²) in [7, 11) is 0. The molecule has 3 amide bonds. The van der Waals surface area contributed by atoms with Gasteiger partial charge in [0.15, 0.2) is 6.61 Å². The van der Waals surface area contributed by atoms with Gasteiger partial charge in [0.05, 0.1) is 0 Å². The summed E-state index contributed by atoms with van der Waals surface area (Å²) in [6.45, 7) is 1.85. The van der Waals surface area contributed by atoms with E-state index in [2.05, 4.69) is 15.5 Å². The molecule has 0 radical (unpaired) electrons. The lowest BCUT2D eigenvalue weighted by molar-refractivity contribution is -0.144. The van der Waals surface area contributed by atoms with E-state index in [1.54, 1.807) is 6.92 Å². The fourth-order valence-electron chi connectivity index (χ4n) is 0.775. The molecule has 0 aromatic rings. The minimum absolute atomic E-state index is 0.147. The van der Waals surface area contributed by atoms with E-state index in [0.717, 1.165) is 0 Å². The molecule has 92 valence electrons. The van der Waals surface area contributed by atoms with E-state index in [-0.39, 0.29) is 18.9 Å². The summed E-state index contributed by atoms with van der Waals surface area (Å²) >= 11 is 0. The van der Waals surface area contributed by atoms with E-state index in [9.17, 15) is 14.4 Å². The van der Waals surface area contributed by atoms with E-state index in [1.807, 2.05) is 5.48 Å². The molecule has 8 nitrogen and oxygen atoms in total. The lowest BCUT2D eigenvalue weighted by atomic mass is 10.4. The normalized spacial score (nSPS) is 9.31. The maximum atomic E-state index is 10.9. The van der Waals surface area contributed by atoms with Crippen LogP contribution in [0.5, 0.6) is 0 Å². The number of nitrogens with one attached hydrogen (secondary N) is 3. The second-order valence-corrected chi connectivity index (χ2v) is 2.74. The zero-order valence-corrected chi connectivity index (χ0v) is 8.91. The molecule has 0 aliphatic heterocycles. The summed E-state index contributed by atoms with van der Waals surface area (Å²) in [5, 5.41) is 13.1. The highest BCUT2D eigenvalue weighted by molar-refractivity contribution is 5.77. The molecule has 16 heavy (non-hydrogen) atoms. The Kier molecular flexibility index (Phi) is 7.51. The number of amides is 3. The Morgan fingerprint density at radius 3 is 2.50 bits per heavy atom. The topological polar surface area (TPSA) is 117 Å². The minimum Gasteiger partial charge on any atom is -0.479 e. The molecule has 0 aromatic carbocycles. The third kappa shape index (κ3) is 8.75. The van der Waals surface area contributed by atoms with Crippen molar-refractivity contribution >= 4 is 17.9 Å². The molecular weight excluding hydrogens is 218 g/mol. The van der Waals surface area contributed by atoms with Gasteiger partial charge in [-0.3, -0.25) is 9.63 Å². The Hall–Kier alpha value is -1.83. The zero-order valence-electron chi connectivity index (χ0n) is 8.91. The molecule has 0 aliphatic carbocycles. The van der Waals surface area contributed by atoms with Crippen molar-refractivity contribution in [2.75, 3.05) is 19.7 Å². The lowest BCUT2D eigenvalue weighted by Gasteiger charge is -2.06. The average molecular weight is 233 g/mol. The average Bonchev–Trinajstić information content (AvgIpc) is 2.17. The van der Waals surface area contributed by atoms with Gasteiger partial charge in [-0.1, -0.05) is 0 Å². The van der Waals surface area contributed by atoms with Crippen LogP contribution in [-0.2, 0) is 14.4 Å². The summed E-state index contributed by atoms with van der Waals surface area (Å²) in [5.41, 5.74) is 1.86. The number of hydrogen-bond donors (Lipinski definition) is 4. The van der Waals surface area contributed by atoms with Gasteiger partial charge >= 0.3 is 12.0 Å². The van der Waals surface area contributed by atoms with Crippen LogP contribution in [0.25, 0.3) is 0 Å². The highest BCUT2D eigenvalue weighted by Crippen LogP contribution is 1.77. The van der Waals surface area contributed by atoms with Crippen molar-refractivity contribution in [3.05, 3.63) is 0 Å². The second kappa shape index (κ2) is 8.48. The lowest BCUT2D eigenvalue weighted by Crippen LogP contribution is -2.38. The predicted molar refractivity (Wildman–Crippen MR) is 53.4 cm³/mol. The largest absolute Gasteiger partial charge is 0.479 e. The molecule has 0 bridgehead atoms. The van der Waals surface area contributed by atoms with Crippen molar-refractivity contribution in [1.29, 1.82) is 0 Å². The minimum atomic E-state index is -1.19. The van der Waals surface area contributed by atoms with Crippen molar-refractivity contribution in [2.45, 2.75) is 13.3 Å². The van der Waals surface area contributed by atoms with Crippen LogP contribution >= 0.6 is 0 Å². The molecule has 0 rings (SSSR count). The number of aliphatic carboxylic acids is 1. The molecule has 0 aromatic heterocycles. The molecule has 0 atom stereocenters. The van der Waals surface area contributed by atoms with Gasteiger partial charge in [-0.2, -0.15) is 0 Å². The molecule has 8 heteroatoms. The van der Waals surface area contributed by atoms with E-state index in [1.165, 1.54) is 0 Å². The maximum absolute atomic E-state index is 10.9. The Balaban J connectivity index is 3.43. The van der Waals surface area contributed by atoms with E-state index in [4.69, 9.17) is 5.11 Å². The zero-order chi connectivity index (χ0) is 12.4. The van der Waals surface area contributed by atoms with E-state index in [0.29, 0.717) is 6.54 Å². The fourth-order valence-corrected chi connectivity index (χ4v) is 0.775. The van der Waals surface area contributed by atoms with Crippen LogP contribution in [-0.4, -0.2) is 42.7 Å². The number of carbonyl (C=O) groups is 3. The van der Waals surface area contributed by atoms with Crippen LogP contribution in [0.1, 0.15) is 13.3 Å². The Morgan fingerprint density at radius 1 is 1.25 bits per heavy atom. The molecule has 0 fully saturated rings. The van der Waals surface area contributed by atoms with Crippen molar-refractivity contribution in [1.82, 2.24) is 16.1 Å². The fraction of sp³-hybridized carbons (Fsp3) is 0.625. The van der Waals surface area contributed by atoms with Crippen LogP contribution < -0.4 is 16.1 Å². The molecule has 0 unspecified atom stereocenters.